The number of carbonyl (C=O) groups is 1. The van der Waals surface area contributed by atoms with Crippen molar-refractivity contribution in [2.45, 2.75) is 17.4 Å². The Morgan fingerprint density at radius 2 is 2.19 bits per heavy atom. The summed E-state index contributed by atoms with van der Waals surface area (Å²) < 4.78 is 36.4. The smallest absolute Gasteiger partial charge is 0.339 e. The van der Waals surface area contributed by atoms with Crippen LogP contribution in [0.2, 0.25) is 0 Å². The Morgan fingerprint density at radius 3 is 2.71 bits per heavy atom. The fraction of sp³-hybridized carbons (Fsp3) is 0.462. The van der Waals surface area contributed by atoms with Gasteiger partial charge in [0.15, 0.2) is 0 Å². The van der Waals surface area contributed by atoms with Crippen molar-refractivity contribution in [1.82, 2.24) is 4.31 Å². The third-order valence-corrected chi connectivity index (χ3v) is 5.40. The summed E-state index contributed by atoms with van der Waals surface area (Å²) in [6.45, 7) is 0.866. The van der Waals surface area contributed by atoms with E-state index in [1.807, 2.05) is 0 Å². The Labute approximate surface area is 123 Å². The summed E-state index contributed by atoms with van der Waals surface area (Å²) in [7, 11) is -0.966. The third kappa shape index (κ3) is 3.02. The van der Waals surface area contributed by atoms with E-state index in [9.17, 15) is 13.2 Å². The van der Waals surface area contributed by atoms with Gasteiger partial charge in [0.25, 0.3) is 0 Å². The van der Waals surface area contributed by atoms with Gasteiger partial charge in [0, 0.05) is 13.7 Å². The largest absolute Gasteiger partial charge is 0.496 e. The summed E-state index contributed by atoms with van der Waals surface area (Å²) in [4.78, 5) is 11.1. The molecular formula is C13H17NO6S. The molecule has 1 aliphatic rings. The minimum Gasteiger partial charge on any atom is -0.496 e. The van der Waals surface area contributed by atoms with Crippen molar-refractivity contribution in [1.29, 1.82) is 0 Å². The maximum atomic E-state index is 12.5. The molecule has 0 aromatic heterocycles. The molecule has 1 aromatic rings. The van der Waals surface area contributed by atoms with Gasteiger partial charge in [-0.1, -0.05) is 0 Å². The summed E-state index contributed by atoms with van der Waals surface area (Å²) in [5.74, 6) is -1.12. The van der Waals surface area contributed by atoms with Crippen LogP contribution in [0.5, 0.6) is 5.75 Å². The van der Waals surface area contributed by atoms with Gasteiger partial charge >= 0.3 is 5.97 Å². The summed E-state index contributed by atoms with van der Waals surface area (Å²) in [6, 6.07) is 3.57. The molecule has 0 unspecified atom stereocenters. The van der Waals surface area contributed by atoms with Crippen molar-refractivity contribution in [3.8, 4) is 5.75 Å². The van der Waals surface area contributed by atoms with Crippen LogP contribution in [-0.4, -0.2) is 57.2 Å². The number of nitrogens with zero attached hydrogens (tertiary/aromatic N) is 1. The van der Waals surface area contributed by atoms with E-state index in [1.165, 1.54) is 30.6 Å². The Bertz CT molecular complexity index is 636. The fourth-order valence-electron chi connectivity index (χ4n) is 2.19. The Hall–Kier alpha value is -1.64. The molecule has 1 saturated heterocycles. The Morgan fingerprint density at radius 1 is 1.48 bits per heavy atom. The number of likely N-dealkylation sites (N-methyl/N-ethyl adjacent to an activating group) is 1. The van der Waals surface area contributed by atoms with Gasteiger partial charge in [0.05, 0.1) is 24.7 Å². The number of carboxylic acids is 1. The SMILES string of the molecule is COc1ccc(S(=O)(=O)N(C)[C@H]2CCOC2)cc1C(=O)O. The molecule has 7 nitrogen and oxygen atoms in total. The first-order valence-electron chi connectivity index (χ1n) is 6.35. The molecule has 0 radical (unpaired) electrons. The number of benzene rings is 1. The predicted octanol–water partition coefficient (Wildman–Crippen LogP) is 0.803. The van der Waals surface area contributed by atoms with E-state index in [4.69, 9.17) is 14.6 Å². The lowest BCUT2D eigenvalue weighted by Crippen LogP contribution is -2.37. The van der Waals surface area contributed by atoms with E-state index in [1.54, 1.807) is 0 Å². The first kappa shape index (κ1) is 15.7. The maximum absolute atomic E-state index is 12.5. The van der Waals surface area contributed by atoms with Crippen LogP contribution in [0.4, 0.5) is 0 Å². The normalized spacial score (nSPS) is 18.9. The van der Waals surface area contributed by atoms with Crippen LogP contribution < -0.4 is 4.74 Å². The number of ether oxygens (including phenoxy) is 2. The van der Waals surface area contributed by atoms with Gasteiger partial charge in [-0.15, -0.1) is 0 Å². The molecular weight excluding hydrogens is 298 g/mol. The zero-order valence-corrected chi connectivity index (χ0v) is 12.6. The maximum Gasteiger partial charge on any atom is 0.339 e. The van der Waals surface area contributed by atoms with Gasteiger partial charge in [0.1, 0.15) is 11.3 Å². The van der Waals surface area contributed by atoms with Gasteiger partial charge in [-0.2, -0.15) is 4.31 Å². The highest BCUT2D eigenvalue weighted by Crippen LogP contribution is 2.26. The van der Waals surface area contributed by atoms with E-state index in [0.29, 0.717) is 19.6 Å². The van der Waals surface area contributed by atoms with Crippen LogP contribution in [0.3, 0.4) is 0 Å². The molecule has 0 spiro atoms. The third-order valence-electron chi connectivity index (χ3n) is 3.50. The summed E-state index contributed by atoms with van der Waals surface area (Å²) in [5, 5.41) is 9.13. The summed E-state index contributed by atoms with van der Waals surface area (Å²) in [5.41, 5.74) is -0.186. The molecule has 0 bridgehead atoms. The Kier molecular flexibility index (Phi) is 4.50. The molecule has 1 aliphatic heterocycles. The van der Waals surface area contributed by atoms with Crippen molar-refractivity contribution in [3.05, 3.63) is 23.8 Å². The highest BCUT2D eigenvalue weighted by molar-refractivity contribution is 7.89. The number of rotatable bonds is 5. The van der Waals surface area contributed by atoms with E-state index in [2.05, 4.69) is 0 Å². The van der Waals surface area contributed by atoms with Crippen molar-refractivity contribution in [3.63, 3.8) is 0 Å². The van der Waals surface area contributed by atoms with Crippen LogP contribution in [-0.2, 0) is 14.8 Å². The average Bonchev–Trinajstić information content (AvgIpc) is 2.99. The van der Waals surface area contributed by atoms with Crippen LogP contribution in [0.15, 0.2) is 23.1 Å². The molecule has 0 saturated carbocycles. The number of hydrogen-bond acceptors (Lipinski definition) is 5. The Balaban J connectivity index is 2.40. The van der Waals surface area contributed by atoms with Crippen molar-refractivity contribution >= 4 is 16.0 Å². The van der Waals surface area contributed by atoms with Gasteiger partial charge < -0.3 is 14.6 Å². The monoisotopic (exact) mass is 315 g/mol. The number of methoxy groups -OCH3 is 1. The van der Waals surface area contributed by atoms with Crippen LogP contribution in [0.25, 0.3) is 0 Å². The molecule has 0 amide bonds. The lowest BCUT2D eigenvalue weighted by molar-refractivity contribution is 0.0693. The average molecular weight is 315 g/mol. The van der Waals surface area contributed by atoms with E-state index < -0.39 is 16.0 Å². The fourth-order valence-corrected chi connectivity index (χ4v) is 3.58. The van der Waals surface area contributed by atoms with Crippen LogP contribution in [0, 0.1) is 0 Å². The predicted molar refractivity (Wildman–Crippen MR) is 74.1 cm³/mol. The molecule has 1 N–H and O–H groups in total. The highest BCUT2D eigenvalue weighted by atomic mass is 32.2. The minimum absolute atomic E-state index is 0.0740. The standard InChI is InChI=1S/C13H17NO6S/c1-14(9-5-6-20-8-9)21(17,18)10-3-4-12(19-2)11(7-10)13(15)16/h3-4,7,9H,5-6,8H2,1-2H3,(H,15,16)/t9-/m0/s1. The number of sulfonamides is 1. The highest BCUT2D eigenvalue weighted by Gasteiger charge is 2.31. The van der Waals surface area contributed by atoms with Gasteiger partial charge in [0.2, 0.25) is 10.0 Å². The molecule has 116 valence electrons. The molecule has 2 rings (SSSR count). The molecule has 1 atom stereocenters. The lowest BCUT2D eigenvalue weighted by Gasteiger charge is -2.22. The van der Waals surface area contributed by atoms with E-state index in [0.717, 1.165) is 6.07 Å². The second kappa shape index (κ2) is 6.00. The quantitative estimate of drug-likeness (QED) is 0.864. The molecule has 1 aromatic carbocycles. The summed E-state index contributed by atoms with van der Waals surface area (Å²) >= 11 is 0. The molecule has 21 heavy (non-hydrogen) atoms. The van der Waals surface area contributed by atoms with Gasteiger partial charge in [-0.25, -0.2) is 13.2 Å². The lowest BCUT2D eigenvalue weighted by atomic mass is 10.2. The topological polar surface area (TPSA) is 93.1 Å². The van der Waals surface area contributed by atoms with E-state index in [-0.39, 0.29) is 22.3 Å². The van der Waals surface area contributed by atoms with Crippen molar-refractivity contribution in [2.75, 3.05) is 27.4 Å². The van der Waals surface area contributed by atoms with Crippen LogP contribution in [0.1, 0.15) is 16.8 Å². The number of hydrogen-bond donors (Lipinski definition) is 1. The number of carboxylic acid groups (broad SMARTS) is 1. The summed E-state index contributed by atoms with van der Waals surface area (Å²) in [6.07, 6.45) is 0.623. The first-order valence-corrected chi connectivity index (χ1v) is 7.79. The second-order valence-corrected chi connectivity index (χ2v) is 6.70. The number of aromatic carboxylic acids is 1. The molecule has 0 aliphatic carbocycles. The minimum atomic E-state index is -3.77. The van der Waals surface area contributed by atoms with Crippen molar-refractivity contribution in [2.24, 2.45) is 0 Å². The molecule has 8 heteroatoms. The van der Waals surface area contributed by atoms with Crippen LogP contribution >= 0.6 is 0 Å². The van der Waals surface area contributed by atoms with E-state index >= 15 is 0 Å². The first-order chi connectivity index (χ1) is 9.87. The second-order valence-electron chi connectivity index (χ2n) is 4.71. The van der Waals surface area contributed by atoms with Gasteiger partial charge in [-0.05, 0) is 24.6 Å². The van der Waals surface area contributed by atoms with Gasteiger partial charge in [-0.3, -0.25) is 0 Å². The molecule has 1 heterocycles. The van der Waals surface area contributed by atoms with Crippen molar-refractivity contribution < 1.29 is 27.8 Å². The zero-order chi connectivity index (χ0) is 15.6. The molecule has 1 fully saturated rings. The zero-order valence-electron chi connectivity index (χ0n) is 11.8.